The molecule has 0 amide bonds. The van der Waals surface area contributed by atoms with E-state index in [4.69, 9.17) is 0 Å². The third-order valence-electron chi connectivity index (χ3n) is 13.6. The van der Waals surface area contributed by atoms with Crippen molar-refractivity contribution in [2.45, 2.75) is 6.92 Å². The van der Waals surface area contributed by atoms with Gasteiger partial charge in [0.05, 0.1) is 5.69 Å². The van der Waals surface area contributed by atoms with E-state index >= 15 is 0 Å². The molecular weight excluding hydrogens is 771 g/mol. The van der Waals surface area contributed by atoms with Crippen LogP contribution in [0.5, 0.6) is 0 Å². The second-order valence-electron chi connectivity index (χ2n) is 17.2. The summed E-state index contributed by atoms with van der Waals surface area (Å²) in [4.78, 5) is 2.48. The van der Waals surface area contributed by atoms with Crippen LogP contribution in [0.3, 0.4) is 0 Å². The first kappa shape index (κ1) is 36.4. The van der Waals surface area contributed by atoms with Crippen molar-refractivity contribution in [2.75, 3.05) is 4.90 Å². The second-order valence-corrected chi connectivity index (χ2v) is 17.2. The first-order valence-corrected chi connectivity index (χ1v) is 22.3. The van der Waals surface area contributed by atoms with E-state index in [2.05, 4.69) is 242 Å². The van der Waals surface area contributed by atoms with E-state index in [1.165, 1.54) is 114 Å². The maximum atomic E-state index is 2.48. The van der Waals surface area contributed by atoms with Crippen LogP contribution in [0, 0.1) is 6.92 Å². The Morgan fingerprint density at radius 1 is 0.281 bits per heavy atom. The van der Waals surface area contributed by atoms with Gasteiger partial charge in [-0.2, -0.15) is 0 Å². The first-order chi connectivity index (χ1) is 31.7. The van der Waals surface area contributed by atoms with Crippen molar-refractivity contribution < 1.29 is 0 Å². The van der Waals surface area contributed by atoms with E-state index in [1.807, 2.05) is 0 Å². The van der Waals surface area contributed by atoms with Gasteiger partial charge >= 0.3 is 0 Å². The van der Waals surface area contributed by atoms with Gasteiger partial charge < -0.3 is 4.90 Å². The molecule has 13 aromatic rings. The second kappa shape index (κ2) is 14.4. The molecule has 0 saturated heterocycles. The highest BCUT2D eigenvalue weighted by molar-refractivity contribution is 6.35. The van der Waals surface area contributed by atoms with Gasteiger partial charge in [-0.05, 0) is 147 Å². The lowest BCUT2D eigenvalue weighted by atomic mass is 9.81. The highest BCUT2D eigenvalue weighted by Crippen LogP contribution is 2.51. The topological polar surface area (TPSA) is 3.24 Å². The van der Waals surface area contributed by atoms with Crippen molar-refractivity contribution in [2.24, 2.45) is 0 Å². The monoisotopic (exact) mass is 811 g/mol. The molecule has 298 valence electrons. The van der Waals surface area contributed by atoms with Crippen LogP contribution in [0.15, 0.2) is 231 Å². The number of nitrogens with zero attached hydrogens (tertiary/aromatic N) is 1. The lowest BCUT2D eigenvalue weighted by molar-refractivity contribution is 1.30. The van der Waals surface area contributed by atoms with Crippen molar-refractivity contribution in [1.29, 1.82) is 0 Å². The van der Waals surface area contributed by atoms with Gasteiger partial charge in [0.25, 0.3) is 0 Å². The Bertz CT molecular complexity index is 3880. The van der Waals surface area contributed by atoms with E-state index in [1.54, 1.807) is 0 Å². The third kappa shape index (κ3) is 5.51. The van der Waals surface area contributed by atoms with Crippen LogP contribution in [0.4, 0.5) is 17.1 Å². The smallest absolute Gasteiger partial charge is 0.0540 e. The lowest BCUT2D eigenvalue weighted by Crippen LogP contribution is -2.11. The number of aryl methyl sites for hydroxylation is 1. The standard InChI is InChI=1S/C63H41N/c1-40-30-32-45(33-31-40)64(58-37-36-52-50-27-14-23-43-22-13-26-49(59(43)50)51-28-15-29-54(58)61(51)52)46-34-35-53-57(38-46)47-24-11-12-25-48(47)62-56(42-18-7-3-8-19-42)39-55(41-16-5-2-6-17-41)60(63(53)62)44-20-9-4-10-21-44/h2-39H,1H3. The van der Waals surface area contributed by atoms with Crippen molar-refractivity contribution in [1.82, 2.24) is 0 Å². The lowest BCUT2D eigenvalue weighted by Gasteiger charge is -2.29. The molecule has 64 heavy (non-hydrogen) atoms. The predicted molar refractivity (Wildman–Crippen MR) is 276 cm³/mol. The molecule has 1 heteroatoms. The van der Waals surface area contributed by atoms with Crippen LogP contribution >= 0.6 is 0 Å². The largest absolute Gasteiger partial charge is 0.310 e. The molecule has 0 saturated carbocycles. The molecule has 0 fully saturated rings. The van der Waals surface area contributed by atoms with Crippen LogP contribution < -0.4 is 4.90 Å². The minimum absolute atomic E-state index is 1.11. The molecule has 0 aliphatic heterocycles. The molecule has 0 spiro atoms. The summed E-state index contributed by atoms with van der Waals surface area (Å²) in [5.74, 6) is 0. The zero-order valence-corrected chi connectivity index (χ0v) is 35.4. The fourth-order valence-electron chi connectivity index (χ4n) is 10.8. The molecule has 0 aromatic heterocycles. The Kier molecular flexibility index (Phi) is 8.20. The Morgan fingerprint density at radius 3 is 1.45 bits per heavy atom. The molecule has 0 atom stereocenters. The van der Waals surface area contributed by atoms with Crippen LogP contribution in [0.1, 0.15) is 5.56 Å². The quantitative estimate of drug-likeness (QED) is 0.119. The maximum Gasteiger partial charge on any atom is 0.0540 e. The van der Waals surface area contributed by atoms with E-state index in [9.17, 15) is 0 Å². The molecule has 1 nitrogen and oxygen atoms in total. The van der Waals surface area contributed by atoms with Gasteiger partial charge in [-0.15, -0.1) is 0 Å². The predicted octanol–water partition coefficient (Wildman–Crippen LogP) is 18.0. The number of anilines is 3. The van der Waals surface area contributed by atoms with E-state index in [0.29, 0.717) is 0 Å². The van der Waals surface area contributed by atoms with Crippen LogP contribution in [0.2, 0.25) is 0 Å². The van der Waals surface area contributed by atoms with Crippen molar-refractivity contribution in [3.8, 4) is 33.4 Å². The zero-order chi connectivity index (χ0) is 42.3. The summed E-state index contributed by atoms with van der Waals surface area (Å²) in [7, 11) is 0. The number of fused-ring (bicyclic) bond motifs is 8. The van der Waals surface area contributed by atoms with Gasteiger partial charge in [0.15, 0.2) is 0 Å². The van der Waals surface area contributed by atoms with E-state index < -0.39 is 0 Å². The maximum absolute atomic E-state index is 2.48. The highest BCUT2D eigenvalue weighted by atomic mass is 15.1. The fourth-order valence-corrected chi connectivity index (χ4v) is 10.8. The Hall–Kier alpha value is -8.26. The van der Waals surface area contributed by atoms with Gasteiger partial charge in [0, 0.05) is 16.8 Å². The summed E-state index contributed by atoms with van der Waals surface area (Å²) in [6, 6.07) is 85.6. The zero-order valence-electron chi connectivity index (χ0n) is 35.4. The molecule has 0 unspecified atom stereocenters. The van der Waals surface area contributed by atoms with Crippen molar-refractivity contribution >= 4 is 92.5 Å². The third-order valence-corrected chi connectivity index (χ3v) is 13.6. The summed E-state index contributed by atoms with van der Waals surface area (Å²) < 4.78 is 0. The molecule has 0 aliphatic carbocycles. The highest BCUT2D eigenvalue weighted by Gasteiger charge is 2.24. The summed E-state index contributed by atoms with van der Waals surface area (Å²) in [6.45, 7) is 2.17. The van der Waals surface area contributed by atoms with Gasteiger partial charge in [0.2, 0.25) is 0 Å². The van der Waals surface area contributed by atoms with E-state index in [-0.39, 0.29) is 0 Å². The fraction of sp³-hybridized carbons (Fsp3) is 0.0159. The normalized spacial score (nSPS) is 11.8. The van der Waals surface area contributed by atoms with Crippen molar-refractivity contribution in [3.63, 3.8) is 0 Å². The van der Waals surface area contributed by atoms with Gasteiger partial charge in [0.1, 0.15) is 0 Å². The minimum Gasteiger partial charge on any atom is -0.310 e. The molecular formula is C63H41N. The molecule has 0 heterocycles. The Labute approximate surface area is 372 Å². The summed E-state index contributed by atoms with van der Waals surface area (Å²) in [6.07, 6.45) is 0. The summed E-state index contributed by atoms with van der Waals surface area (Å²) in [5.41, 5.74) is 11.9. The first-order valence-electron chi connectivity index (χ1n) is 22.3. The minimum atomic E-state index is 1.11. The van der Waals surface area contributed by atoms with Crippen LogP contribution in [0.25, 0.3) is 109 Å². The summed E-state index contributed by atoms with van der Waals surface area (Å²) >= 11 is 0. The molecule has 13 rings (SSSR count). The average molecular weight is 812 g/mol. The van der Waals surface area contributed by atoms with Crippen molar-refractivity contribution in [3.05, 3.63) is 236 Å². The molecule has 0 bridgehead atoms. The van der Waals surface area contributed by atoms with Gasteiger partial charge in [-0.1, -0.05) is 200 Å². The number of rotatable bonds is 6. The molecule has 13 aromatic carbocycles. The Balaban J connectivity index is 1.16. The van der Waals surface area contributed by atoms with Gasteiger partial charge in [-0.3, -0.25) is 0 Å². The summed E-state index contributed by atoms with van der Waals surface area (Å²) in [5, 5.41) is 17.8. The van der Waals surface area contributed by atoms with Crippen LogP contribution in [-0.2, 0) is 0 Å². The number of benzene rings is 13. The number of hydrogen-bond donors (Lipinski definition) is 0. The van der Waals surface area contributed by atoms with Gasteiger partial charge in [-0.25, -0.2) is 0 Å². The van der Waals surface area contributed by atoms with Crippen LogP contribution in [-0.4, -0.2) is 0 Å². The number of hydrogen-bond acceptors (Lipinski definition) is 1. The Morgan fingerprint density at radius 2 is 0.766 bits per heavy atom. The molecule has 0 N–H and O–H groups in total. The molecule has 0 radical (unpaired) electrons. The van der Waals surface area contributed by atoms with E-state index in [0.717, 1.165) is 17.1 Å². The SMILES string of the molecule is Cc1ccc(N(c2ccc3c(c2)c2ccccc2c2c(-c4ccccc4)cc(-c4ccccc4)c(-c4ccccc4)c32)c2ccc3c4cccc5cccc(c6cccc2c63)c54)cc1. The molecule has 0 aliphatic rings. The average Bonchev–Trinajstić information content (AvgIpc) is 3.36.